The first-order valence-corrected chi connectivity index (χ1v) is 8.56. The number of nitrogens with one attached hydrogen (secondary N) is 2. The lowest BCUT2D eigenvalue weighted by Gasteiger charge is -2.28. The zero-order valence-corrected chi connectivity index (χ0v) is 14.2. The van der Waals surface area contributed by atoms with Crippen LogP contribution in [-0.4, -0.2) is 49.9 Å². The number of quaternary nitrogens is 1. The van der Waals surface area contributed by atoms with E-state index in [4.69, 9.17) is 0 Å². The summed E-state index contributed by atoms with van der Waals surface area (Å²) in [4.78, 5) is 27.8. The molecule has 2 atom stereocenters. The van der Waals surface area contributed by atoms with Crippen LogP contribution < -0.4 is 10.2 Å². The van der Waals surface area contributed by atoms with Gasteiger partial charge in [-0.1, -0.05) is 37.3 Å². The summed E-state index contributed by atoms with van der Waals surface area (Å²) in [7, 11) is 1.93. The molecular weight excluding hydrogens is 290 g/mol. The van der Waals surface area contributed by atoms with Gasteiger partial charge in [-0.2, -0.15) is 0 Å². The van der Waals surface area contributed by atoms with Crippen LogP contribution >= 0.6 is 0 Å². The molecule has 2 rings (SSSR count). The van der Waals surface area contributed by atoms with Crippen molar-refractivity contribution in [1.29, 1.82) is 0 Å². The quantitative estimate of drug-likeness (QED) is 0.764. The molecule has 1 aromatic rings. The first-order valence-electron chi connectivity index (χ1n) is 8.56. The number of hydrogen-bond acceptors (Lipinski definition) is 2. The van der Waals surface area contributed by atoms with E-state index in [-0.39, 0.29) is 17.9 Å². The van der Waals surface area contributed by atoms with Crippen LogP contribution in [-0.2, 0) is 9.59 Å². The molecule has 5 nitrogen and oxygen atoms in total. The second-order valence-corrected chi connectivity index (χ2v) is 6.25. The van der Waals surface area contributed by atoms with Crippen molar-refractivity contribution in [2.75, 3.05) is 33.2 Å². The maximum absolute atomic E-state index is 13.0. The Morgan fingerprint density at radius 3 is 2.48 bits per heavy atom. The predicted octanol–water partition coefficient (Wildman–Crippen LogP) is 0.391. The number of rotatable bonds is 7. The first-order chi connectivity index (χ1) is 11.1. The van der Waals surface area contributed by atoms with Crippen molar-refractivity contribution < 1.29 is 14.5 Å². The molecule has 5 heteroatoms. The number of carbonyl (C=O) groups is 2. The topological polar surface area (TPSA) is 53.9 Å². The molecule has 1 heterocycles. The van der Waals surface area contributed by atoms with Gasteiger partial charge in [0.15, 0.2) is 12.6 Å². The Bertz CT molecular complexity index is 512. The zero-order valence-electron chi connectivity index (χ0n) is 14.2. The van der Waals surface area contributed by atoms with Gasteiger partial charge in [-0.05, 0) is 19.3 Å². The standard InChI is InChI=1S/C18H27N3O2/c1-3-11-19-16(22)14-20(2)17(15-9-5-4-6-10-15)18(23)21-12-7-8-13-21/h4-6,9-10,17H,3,7-8,11-14H2,1-2H3,(H,19,22)/p+1/t17-/m0/s1. The smallest absolute Gasteiger partial charge is 0.285 e. The van der Waals surface area contributed by atoms with Crippen LogP contribution in [0.4, 0.5) is 0 Å². The molecule has 0 spiro atoms. The number of nitrogens with zero attached hydrogens (tertiary/aromatic N) is 1. The van der Waals surface area contributed by atoms with Crippen LogP contribution in [0.25, 0.3) is 0 Å². The number of likely N-dealkylation sites (N-methyl/N-ethyl adjacent to an activating group) is 1. The van der Waals surface area contributed by atoms with Crippen LogP contribution in [0.5, 0.6) is 0 Å². The van der Waals surface area contributed by atoms with Crippen molar-refractivity contribution in [2.45, 2.75) is 32.2 Å². The number of carbonyl (C=O) groups excluding carboxylic acids is 2. The zero-order chi connectivity index (χ0) is 16.7. The van der Waals surface area contributed by atoms with Crippen molar-refractivity contribution in [2.24, 2.45) is 0 Å². The average Bonchev–Trinajstić information content (AvgIpc) is 3.08. The Labute approximate surface area is 138 Å². The molecule has 126 valence electrons. The van der Waals surface area contributed by atoms with E-state index in [9.17, 15) is 9.59 Å². The van der Waals surface area contributed by atoms with E-state index in [1.807, 2.05) is 49.2 Å². The van der Waals surface area contributed by atoms with Gasteiger partial charge in [0.2, 0.25) is 0 Å². The summed E-state index contributed by atoms with van der Waals surface area (Å²) in [5.41, 5.74) is 0.977. The third kappa shape index (κ3) is 4.79. The fourth-order valence-corrected chi connectivity index (χ4v) is 3.09. The molecule has 0 aromatic heterocycles. The molecule has 0 bridgehead atoms. The number of benzene rings is 1. The molecule has 1 unspecified atom stereocenters. The Kier molecular flexibility index (Phi) is 6.59. The summed E-state index contributed by atoms with van der Waals surface area (Å²) < 4.78 is 0. The maximum Gasteiger partial charge on any atom is 0.285 e. The van der Waals surface area contributed by atoms with Crippen LogP contribution in [0.1, 0.15) is 37.8 Å². The van der Waals surface area contributed by atoms with E-state index in [1.165, 1.54) is 0 Å². The maximum atomic E-state index is 13.0. The second kappa shape index (κ2) is 8.67. The van der Waals surface area contributed by atoms with E-state index in [2.05, 4.69) is 5.32 Å². The molecule has 2 amide bonds. The molecule has 23 heavy (non-hydrogen) atoms. The molecule has 0 radical (unpaired) electrons. The fourth-order valence-electron chi connectivity index (χ4n) is 3.09. The molecule has 1 aliphatic rings. The van der Waals surface area contributed by atoms with Gasteiger partial charge in [0, 0.05) is 25.2 Å². The van der Waals surface area contributed by atoms with Crippen molar-refractivity contribution in [3.63, 3.8) is 0 Å². The van der Waals surface area contributed by atoms with Crippen LogP contribution in [0.3, 0.4) is 0 Å². The van der Waals surface area contributed by atoms with Crippen LogP contribution in [0.15, 0.2) is 30.3 Å². The van der Waals surface area contributed by atoms with Crippen molar-refractivity contribution in [1.82, 2.24) is 10.2 Å². The molecule has 0 aliphatic carbocycles. The van der Waals surface area contributed by atoms with E-state index in [0.29, 0.717) is 13.1 Å². The van der Waals surface area contributed by atoms with Crippen molar-refractivity contribution in [3.05, 3.63) is 35.9 Å². The van der Waals surface area contributed by atoms with Gasteiger partial charge >= 0.3 is 0 Å². The monoisotopic (exact) mass is 318 g/mol. The lowest BCUT2D eigenvalue weighted by molar-refractivity contribution is -0.894. The summed E-state index contributed by atoms with van der Waals surface area (Å²) >= 11 is 0. The summed E-state index contributed by atoms with van der Waals surface area (Å²) in [6.07, 6.45) is 3.06. The molecule has 1 aliphatic heterocycles. The van der Waals surface area contributed by atoms with Gasteiger partial charge in [-0.25, -0.2) is 0 Å². The molecular formula is C18H28N3O2+. The predicted molar refractivity (Wildman–Crippen MR) is 90.1 cm³/mol. The van der Waals surface area contributed by atoms with Gasteiger partial charge in [-0.3, -0.25) is 9.59 Å². The van der Waals surface area contributed by atoms with Crippen molar-refractivity contribution >= 4 is 11.8 Å². The molecule has 0 saturated carbocycles. The van der Waals surface area contributed by atoms with Gasteiger partial charge in [0.1, 0.15) is 0 Å². The third-order valence-corrected chi connectivity index (χ3v) is 4.30. The second-order valence-electron chi connectivity index (χ2n) is 6.25. The van der Waals surface area contributed by atoms with Gasteiger partial charge in [-0.15, -0.1) is 0 Å². The Hall–Kier alpha value is -1.88. The largest absolute Gasteiger partial charge is 0.351 e. The Morgan fingerprint density at radius 1 is 1.22 bits per heavy atom. The Balaban J connectivity index is 2.12. The molecule has 1 aromatic carbocycles. The minimum atomic E-state index is -0.318. The van der Waals surface area contributed by atoms with Crippen LogP contribution in [0.2, 0.25) is 0 Å². The summed E-state index contributed by atoms with van der Waals surface area (Å²) in [6, 6.07) is 9.48. The van der Waals surface area contributed by atoms with Crippen molar-refractivity contribution in [3.8, 4) is 0 Å². The van der Waals surface area contributed by atoms with Gasteiger partial charge < -0.3 is 15.1 Å². The first kappa shape index (κ1) is 17.5. The van der Waals surface area contributed by atoms with E-state index < -0.39 is 0 Å². The normalized spacial score (nSPS) is 16.9. The molecule has 1 saturated heterocycles. The molecule has 1 fully saturated rings. The minimum absolute atomic E-state index is 0.000460. The SMILES string of the molecule is CCCNC(=O)C[NH+](C)[C@H](C(=O)N1CCCC1)c1ccccc1. The van der Waals surface area contributed by atoms with Gasteiger partial charge in [0.05, 0.1) is 7.05 Å². The number of amides is 2. The average molecular weight is 318 g/mol. The van der Waals surface area contributed by atoms with E-state index >= 15 is 0 Å². The Morgan fingerprint density at radius 2 is 1.87 bits per heavy atom. The fraction of sp³-hybridized carbons (Fsp3) is 0.556. The highest BCUT2D eigenvalue weighted by Crippen LogP contribution is 2.16. The number of likely N-dealkylation sites (tertiary alicyclic amines) is 1. The highest BCUT2D eigenvalue weighted by Gasteiger charge is 2.34. The summed E-state index contributed by atoms with van der Waals surface area (Å²) in [6.45, 7) is 4.68. The van der Waals surface area contributed by atoms with E-state index in [1.54, 1.807) is 0 Å². The minimum Gasteiger partial charge on any atom is -0.351 e. The summed E-state index contributed by atoms with van der Waals surface area (Å²) in [5, 5.41) is 2.89. The number of hydrogen-bond donors (Lipinski definition) is 2. The lowest BCUT2D eigenvalue weighted by atomic mass is 10.0. The highest BCUT2D eigenvalue weighted by atomic mass is 16.2. The third-order valence-electron chi connectivity index (χ3n) is 4.30. The summed E-state index contributed by atoms with van der Waals surface area (Å²) in [5.74, 6) is 0.133. The van der Waals surface area contributed by atoms with E-state index in [0.717, 1.165) is 42.8 Å². The highest BCUT2D eigenvalue weighted by molar-refractivity contribution is 5.83. The van der Waals surface area contributed by atoms with Gasteiger partial charge in [0.25, 0.3) is 11.8 Å². The molecule has 2 N–H and O–H groups in total. The van der Waals surface area contributed by atoms with Crippen LogP contribution in [0, 0.1) is 0 Å². The lowest BCUT2D eigenvalue weighted by Crippen LogP contribution is -3.11.